The second-order valence-corrected chi connectivity index (χ2v) is 5.12. The Morgan fingerprint density at radius 2 is 2.17 bits per heavy atom. The molecule has 1 aromatic heterocycles. The molecule has 0 saturated heterocycles. The fourth-order valence-corrected chi connectivity index (χ4v) is 2.76. The minimum atomic E-state index is -0.696. The van der Waals surface area contributed by atoms with E-state index in [-0.39, 0.29) is 5.91 Å². The number of nitriles is 1. The van der Waals surface area contributed by atoms with Crippen molar-refractivity contribution in [1.82, 2.24) is 9.88 Å². The fraction of sp³-hybridized carbons (Fsp3) is 0.235. The number of benzene rings is 1. The lowest BCUT2D eigenvalue weighted by molar-refractivity contribution is 0.0744. The predicted octanol–water partition coefficient (Wildman–Crippen LogP) is 2.32. The van der Waals surface area contributed by atoms with Crippen molar-refractivity contribution in [2.75, 3.05) is 14.2 Å². The minimum Gasteiger partial charge on any atom is -0.497 e. The van der Waals surface area contributed by atoms with Gasteiger partial charge < -0.3 is 14.4 Å². The van der Waals surface area contributed by atoms with Crippen LogP contribution in [0.1, 0.15) is 27.5 Å². The van der Waals surface area contributed by atoms with Crippen LogP contribution in [0.3, 0.4) is 0 Å². The second kappa shape index (κ2) is 5.97. The average molecular weight is 309 g/mol. The van der Waals surface area contributed by atoms with Gasteiger partial charge in [-0.05, 0) is 17.7 Å². The summed E-state index contributed by atoms with van der Waals surface area (Å²) >= 11 is 0. The Bertz CT molecular complexity index is 784. The SMILES string of the molecule is COc1cc(OC)c2c(c1)C(=O)N(Cc1cccnc1)C2C#N. The number of pyridine rings is 1. The highest BCUT2D eigenvalue weighted by molar-refractivity contribution is 6.01. The Balaban J connectivity index is 2.05. The Morgan fingerprint density at radius 1 is 1.35 bits per heavy atom. The van der Waals surface area contributed by atoms with Crippen LogP contribution in [-0.4, -0.2) is 30.0 Å². The van der Waals surface area contributed by atoms with Crippen molar-refractivity contribution < 1.29 is 14.3 Å². The molecular weight excluding hydrogens is 294 g/mol. The van der Waals surface area contributed by atoms with Gasteiger partial charge in [-0.3, -0.25) is 9.78 Å². The molecular formula is C17H15N3O3. The normalized spacial score (nSPS) is 16.0. The standard InChI is InChI=1S/C17H15N3O3/c1-22-12-6-13-16(15(7-12)23-2)14(8-18)20(17(13)21)10-11-4-3-5-19-9-11/h3-7,9,14H,10H2,1-2H3. The molecule has 0 aliphatic carbocycles. The van der Waals surface area contributed by atoms with Crippen molar-refractivity contribution in [3.63, 3.8) is 0 Å². The van der Waals surface area contributed by atoms with Gasteiger partial charge in [0.15, 0.2) is 0 Å². The van der Waals surface area contributed by atoms with Crippen molar-refractivity contribution >= 4 is 5.91 Å². The number of carbonyl (C=O) groups is 1. The lowest BCUT2D eigenvalue weighted by atomic mass is 10.0. The van der Waals surface area contributed by atoms with Crippen molar-refractivity contribution in [2.24, 2.45) is 0 Å². The van der Waals surface area contributed by atoms with E-state index >= 15 is 0 Å². The maximum absolute atomic E-state index is 12.8. The molecule has 6 nitrogen and oxygen atoms in total. The first-order valence-electron chi connectivity index (χ1n) is 7.05. The van der Waals surface area contributed by atoms with E-state index in [1.165, 1.54) is 19.1 Å². The summed E-state index contributed by atoms with van der Waals surface area (Å²) in [5, 5.41) is 9.58. The molecule has 0 N–H and O–H groups in total. The second-order valence-electron chi connectivity index (χ2n) is 5.12. The zero-order valence-corrected chi connectivity index (χ0v) is 12.8. The van der Waals surface area contributed by atoms with Crippen molar-refractivity contribution in [1.29, 1.82) is 5.26 Å². The van der Waals surface area contributed by atoms with Crippen LogP contribution in [0.15, 0.2) is 36.7 Å². The van der Waals surface area contributed by atoms with Crippen LogP contribution in [0.4, 0.5) is 0 Å². The largest absolute Gasteiger partial charge is 0.497 e. The van der Waals surface area contributed by atoms with Gasteiger partial charge in [0.2, 0.25) is 0 Å². The molecule has 0 saturated carbocycles. The summed E-state index contributed by atoms with van der Waals surface area (Å²) in [6, 6.07) is 8.50. The van der Waals surface area contributed by atoms with Crippen LogP contribution in [0.5, 0.6) is 11.5 Å². The van der Waals surface area contributed by atoms with Gasteiger partial charge in [-0.1, -0.05) is 6.07 Å². The molecule has 1 unspecified atom stereocenters. The summed E-state index contributed by atoms with van der Waals surface area (Å²) in [7, 11) is 3.04. The Morgan fingerprint density at radius 3 is 2.78 bits per heavy atom. The van der Waals surface area contributed by atoms with Crippen LogP contribution in [0, 0.1) is 11.3 Å². The molecule has 23 heavy (non-hydrogen) atoms. The number of hydrogen-bond donors (Lipinski definition) is 0. The third-order valence-electron chi connectivity index (χ3n) is 3.85. The third kappa shape index (κ3) is 2.46. The number of hydrogen-bond acceptors (Lipinski definition) is 5. The average Bonchev–Trinajstić information content (AvgIpc) is 2.87. The molecule has 6 heteroatoms. The molecule has 1 aliphatic heterocycles. The van der Waals surface area contributed by atoms with E-state index < -0.39 is 6.04 Å². The van der Waals surface area contributed by atoms with Crippen LogP contribution in [-0.2, 0) is 6.54 Å². The highest BCUT2D eigenvalue weighted by Gasteiger charge is 2.40. The van der Waals surface area contributed by atoms with Gasteiger partial charge in [0, 0.05) is 30.6 Å². The van der Waals surface area contributed by atoms with Crippen molar-refractivity contribution in [3.8, 4) is 17.6 Å². The maximum atomic E-state index is 12.8. The monoisotopic (exact) mass is 309 g/mol. The molecule has 1 atom stereocenters. The number of aromatic nitrogens is 1. The van der Waals surface area contributed by atoms with Gasteiger partial charge in [0.1, 0.15) is 17.5 Å². The lowest BCUT2D eigenvalue weighted by Gasteiger charge is -2.20. The number of methoxy groups -OCH3 is 2. The van der Waals surface area contributed by atoms with E-state index in [9.17, 15) is 10.1 Å². The van der Waals surface area contributed by atoms with Crippen LogP contribution in [0.2, 0.25) is 0 Å². The van der Waals surface area contributed by atoms with Gasteiger partial charge >= 0.3 is 0 Å². The number of fused-ring (bicyclic) bond motifs is 1. The summed E-state index contributed by atoms with van der Waals surface area (Å²) in [6.07, 6.45) is 3.35. The first-order chi connectivity index (χ1) is 11.2. The highest BCUT2D eigenvalue weighted by atomic mass is 16.5. The highest BCUT2D eigenvalue weighted by Crippen LogP contribution is 2.42. The van der Waals surface area contributed by atoms with Crippen LogP contribution in [0.25, 0.3) is 0 Å². The molecule has 1 amide bonds. The number of amides is 1. The third-order valence-corrected chi connectivity index (χ3v) is 3.85. The zero-order chi connectivity index (χ0) is 16.4. The van der Waals surface area contributed by atoms with Crippen molar-refractivity contribution in [2.45, 2.75) is 12.6 Å². The van der Waals surface area contributed by atoms with E-state index in [2.05, 4.69) is 11.1 Å². The zero-order valence-electron chi connectivity index (χ0n) is 12.8. The number of rotatable bonds is 4. The van der Waals surface area contributed by atoms with Gasteiger partial charge in [0.25, 0.3) is 5.91 Å². The van der Waals surface area contributed by atoms with E-state index in [1.54, 1.807) is 30.6 Å². The van der Waals surface area contributed by atoms with E-state index in [4.69, 9.17) is 9.47 Å². The molecule has 0 radical (unpaired) electrons. The first-order valence-corrected chi connectivity index (χ1v) is 7.05. The van der Waals surface area contributed by atoms with Crippen LogP contribution < -0.4 is 9.47 Å². The summed E-state index contributed by atoms with van der Waals surface area (Å²) < 4.78 is 10.6. The molecule has 0 fully saturated rings. The van der Waals surface area contributed by atoms with Crippen LogP contribution >= 0.6 is 0 Å². The molecule has 2 heterocycles. The molecule has 1 aliphatic rings. The van der Waals surface area contributed by atoms with Crippen molar-refractivity contribution in [3.05, 3.63) is 53.3 Å². The molecule has 3 rings (SSSR count). The fourth-order valence-electron chi connectivity index (χ4n) is 2.76. The Hall–Kier alpha value is -3.07. The topological polar surface area (TPSA) is 75.5 Å². The minimum absolute atomic E-state index is 0.215. The van der Waals surface area contributed by atoms with Gasteiger partial charge in [0.05, 0.1) is 25.9 Å². The summed E-state index contributed by atoms with van der Waals surface area (Å²) in [5.74, 6) is 0.786. The summed E-state index contributed by atoms with van der Waals surface area (Å²) in [5.41, 5.74) is 1.89. The van der Waals surface area contributed by atoms with E-state index in [0.29, 0.717) is 29.2 Å². The molecule has 116 valence electrons. The first kappa shape index (κ1) is 14.9. The summed E-state index contributed by atoms with van der Waals surface area (Å²) in [4.78, 5) is 18.3. The molecule has 1 aromatic carbocycles. The smallest absolute Gasteiger partial charge is 0.256 e. The number of nitrogens with zero attached hydrogens (tertiary/aromatic N) is 3. The van der Waals surface area contributed by atoms with Gasteiger partial charge in [-0.15, -0.1) is 0 Å². The number of ether oxygens (including phenoxy) is 2. The molecule has 2 aromatic rings. The summed E-state index contributed by atoms with van der Waals surface area (Å²) in [6.45, 7) is 0.311. The number of carbonyl (C=O) groups excluding carboxylic acids is 1. The van der Waals surface area contributed by atoms with E-state index in [1.807, 2.05) is 6.07 Å². The van der Waals surface area contributed by atoms with E-state index in [0.717, 1.165) is 5.56 Å². The van der Waals surface area contributed by atoms with Gasteiger partial charge in [-0.2, -0.15) is 5.26 Å². The lowest BCUT2D eigenvalue weighted by Crippen LogP contribution is -2.26. The Labute approximate surface area is 133 Å². The van der Waals surface area contributed by atoms with Gasteiger partial charge in [-0.25, -0.2) is 0 Å². The molecule has 0 spiro atoms. The maximum Gasteiger partial charge on any atom is 0.256 e. The Kier molecular flexibility index (Phi) is 3.85. The predicted molar refractivity (Wildman–Crippen MR) is 82.0 cm³/mol. The quantitative estimate of drug-likeness (QED) is 0.866. The molecule has 0 bridgehead atoms.